The molecule has 2 aromatic carbocycles. The van der Waals surface area contributed by atoms with Crippen LogP contribution in [0.4, 0.5) is 4.79 Å². The minimum atomic E-state index is -0.405. The first kappa shape index (κ1) is 19.0. The van der Waals surface area contributed by atoms with E-state index < -0.39 is 6.09 Å². The Morgan fingerprint density at radius 2 is 2.04 bits per heavy atom. The number of hydrogen-bond donors (Lipinski definition) is 1. The van der Waals surface area contributed by atoms with Crippen LogP contribution in [0.1, 0.15) is 30.1 Å². The topological polar surface area (TPSA) is 62.4 Å². The van der Waals surface area contributed by atoms with Gasteiger partial charge in [0.15, 0.2) is 0 Å². The van der Waals surface area contributed by atoms with Crippen LogP contribution in [-0.4, -0.2) is 22.5 Å². The van der Waals surface area contributed by atoms with Crippen LogP contribution in [0.15, 0.2) is 57.8 Å². The predicted molar refractivity (Wildman–Crippen MR) is 113 cm³/mol. The van der Waals surface area contributed by atoms with Gasteiger partial charge >= 0.3 is 6.09 Å². The van der Waals surface area contributed by atoms with Crippen molar-refractivity contribution in [2.45, 2.75) is 25.5 Å². The van der Waals surface area contributed by atoms with Crippen molar-refractivity contribution in [3.63, 3.8) is 0 Å². The second kappa shape index (κ2) is 7.97. The van der Waals surface area contributed by atoms with E-state index in [9.17, 15) is 9.59 Å². The predicted octanol–water partition coefficient (Wildman–Crippen LogP) is 5.42. The number of carbonyl (C=O) groups excluding carboxylic acids is 1. The molecule has 1 aromatic heterocycles. The number of carbonyl (C=O) groups is 1. The molecule has 4 rings (SSSR count). The van der Waals surface area contributed by atoms with Crippen molar-refractivity contribution in [1.82, 2.24) is 9.88 Å². The third kappa shape index (κ3) is 3.66. The van der Waals surface area contributed by atoms with Gasteiger partial charge in [-0.15, -0.1) is 0 Å². The Hall–Kier alpha value is -2.31. The first-order chi connectivity index (χ1) is 13.5. The van der Waals surface area contributed by atoms with E-state index in [2.05, 4.69) is 20.9 Å². The summed E-state index contributed by atoms with van der Waals surface area (Å²) < 4.78 is 6.34. The number of fused-ring (bicyclic) bond motifs is 1. The van der Waals surface area contributed by atoms with E-state index in [1.165, 1.54) is 0 Å². The van der Waals surface area contributed by atoms with Gasteiger partial charge in [0.05, 0.1) is 17.3 Å². The van der Waals surface area contributed by atoms with E-state index in [0.717, 1.165) is 22.9 Å². The van der Waals surface area contributed by atoms with E-state index in [0.29, 0.717) is 23.1 Å². The number of benzene rings is 2. The summed E-state index contributed by atoms with van der Waals surface area (Å²) in [5.74, 6) is 0. The standard InChI is InChI=1S/C21H18BrClN2O3/c22-14-8-9-15-16(11-14)24-19(18(23)20(15)26)17-7-4-10-25(17)21(27)28-12-13-5-2-1-3-6-13/h1-3,5-6,8-9,11,17H,4,7,10,12H2,(H,24,26). The number of aromatic nitrogens is 1. The minimum absolute atomic E-state index is 0.127. The number of nitrogens with zero attached hydrogens (tertiary/aromatic N) is 1. The zero-order valence-electron chi connectivity index (χ0n) is 15.0. The molecular formula is C21H18BrClN2O3. The van der Waals surface area contributed by atoms with Crippen LogP contribution in [0.5, 0.6) is 0 Å². The van der Waals surface area contributed by atoms with Gasteiger partial charge in [0.25, 0.3) is 0 Å². The number of aromatic amines is 1. The van der Waals surface area contributed by atoms with Gasteiger partial charge in [-0.05, 0) is 36.6 Å². The highest BCUT2D eigenvalue weighted by atomic mass is 79.9. The lowest BCUT2D eigenvalue weighted by atomic mass is 10.1. The highest BCUT2D eigenvalue weighted by Crippen LogP contribution is 2.35. The molecule has 1 aliphatic rings. The van der Waals surface area contributed by atoms with Gasteiger partial charge in [-0.1, -0.05) is 57.9 Å². The molecular weight excluding hydrogens is 444 g/mol. The molecule has 0 radical (unpaired) electrons. The highest BCUT2D eigenvalue weighted by molar-refractivity contribution is 9.10. The average Bonchev–Trinajstić information content (AvgIpc) is 3.19. The maximum absolute atomic E-state index is 12.7. The summed E-state index contributed by atoms with van der Waals surface area (Å²) in [5, 5.41) is 0.649. The molecule has 0 bridgehead atoms. The van der Waals surface area contributed by atoms with Gasteiger partial charge in [-0.3, -0.25) is 9.69 Å². The number of rotatable bonds is 3. The lowest BCUT2D eigenvalue weighted by Gasteiger charge is -2.25. The Morgan fingerprint density at radius 3 is 2.82 bits per heavy atom. The molecule has 0 aliphatic carbocycles. The van der Waals surface area contributed by atoms with Crippen molar-refractivity contribution in [1.29, 1.82) is 0 Å². The number of ether oxygens (including phenoxy) is 1. The van der Waals surface area contributed by atoms with Crippen LogP contribution < -0.4 is 5.43 Å². The fourth-order valence-electron chi connectivity index (χ4n) is 3.58. The number of hydrogen-bond acceptors (Lipinski definition) is 3. The van der Waals surface area contributed by atoms with Crippen LogP contribution in [-0.2, 0) is 11.3 Å². The van der Waals surface area contributed by atoms with Crippen molar-refractivity contribution in [2.75, 3.05) is 6.54 Å². The van der Waals surface area contributed by atoms with Gasteiger partial charge in [0, 0.05) is 16.4 Å². The molecule has 7 heteroatoms. The second-order valence-electron chi connectivity index (χ2n) is 6.76. The molecule has 3 aromatic rings. The number of amides is 1. The Morgan fingerprint density at radius 1 is 1.25 bits per heavy atom. The van der Waals surface area contributed by atoms with Crippen molar-refractivity contribution < 1.29 is 9.53 Å². The number of pyridine rings is 1. The molecule has 0 spiro atoms. The number of nitrogens with one attached hydrogen (secondary N) is 1. The first-order valence-corrected chi connectivity index (χ1v) is 10.2. The summed E-state index contributed by atoms with van der Waals surface area (Å²) in [6, 6.07) is 14.6. The Labute approximate surface area is 175 Å². The van der Waals surface area contributed by atoms with Crippen molar-refractivity contribution >= 4 is 44.5 Å². The summed E-state index contributed by atoms with van der Waals surface area (Å²) in [5.41, 5.74) is 1.94. The molecule has 1 atom stereocenters. The zero-order chi connectivity index (χ0) is 19.7. The van der Waals surface area contributed by atoms with Crippen LogP contribution in [0.3, 0.4) is 0 Å². The molecule has 144 valence electrons. The Kier molecular flexibility index (Phi) is 5.42. The maximum atomic E-state index is 12.7. The van der Waals surface area contributed by atoms with Crippen LogP contribution in [0, 0.1) is 0 Å². The molecule has 0 saturated carbocycles. The number of halogens is 2. The average molecular weight is 462 g/mol. The van der Waals surface area contributed by atoms with Crippen LogP contribution in [0.2, 0.25) is 5.02 Å². The Bertz CT molecular complexity index is 1080. The van der Waals surface area contributed by atoms with Crippen molar-refractivity contribution in [3.05, 3.63) is 79.5 Å². The fourth-order valence-corrected chi connectivity index (χ4v) is 4.21. The van der Waals surface area contributed by atoms with Gasteiger partial charge in [0.1, 0.15) is 11.6 Å². The largest absolute Gasteiger partial charge is 0.445 e. The van der Waals surface area contributed by atoms with Crippen molar-refractivity contribution in [3.8, 4) is 0 Å². The van der Waals surface area contributed by atoms with Gasteiger partial charge in [0.2, 0.25) is 5.43 Å². The fraction of sp³-hybridized carbons (Fsp3) is 0.238. The molecule has 5 nitrogen and oxygen atoms in total. The lowest BCUT2D eigenvalue weighted by Crippen LogP contribution is -2.32. The third-order valence-electron chi connectivity index (χ3n) is 4.96. The second-order valence-corrected chi connectivity index (χ2v) is 8.06. The van der Waals surface area contributed by atoms with Crippen LogP contribution >= 0.6 is 27.5 Å². The molecule has 1 saturated heterocycles. The number of likely N-dealkylation sites (tertiary alicyclic amines) is 1. The van der Waals surface area contributed by atoms with Gasteiger partial charge in [-0.2, -0.15) is 0 Å². The van der Waals surface area contributed by atoms with E-state index in [1.54, 1.807) is 17.0 Å². The summed E-state index contributed by atoms with van der Waals surface area (Å²) >= 11 is 9.82. The lowest BCUT2D eigenvalue weighted by molar-refractivity contribution is 0.0915. The molecule has 1 aliphatic heterocycles. The van der Waals surface area contributed by atoms with E-state index in [4.69, 9.17) is 16.3 Å². The van der Waals surface area contributed by atoms with Crippen molar-refractivity contribution in [2.24, 2.45) is 0 Å². The molecule has 1 fully saturated rings. The zero-order valence-corrected chi connectivity index (χ0v) is 17.3. The summed E-state index contributed by atoms with van der Waals surface area (Å²) in [4.78, 5) is 30.3. The van der Waals surface area contributed by atoms with Gasteiger partial charge in [-0.25, -0.2) is 4.79 Å². The normalized spacial score (nSPS) is 16.5. The molecule has 1 unspecified atom stereocenters. The summed E-state index contributed by atoms with van der Waals surface area (Å²) in [6.07, 6.45) is 1.13. The SMILES string of the molecule is O=C(OCc1ccccc1)N1CCCC1c1[nH]c2cc(Br)ccc2c(=O)c1Cl. The highest BCUT2D eigenvalue weighted by Gasteiger charge is 2.34. The quantitative estimate of drug-likeness (QED) is 0.567. The van der Waals surface area contributed by atoms with E-state index in [1.807, 2.05) is 36.4 Å². The van der Waals surface area contributed by atoms with Crippen LogP contribution in [0.25, 0.3) is 10.9 Å². The maximum Gasteiger partial charge on any atom is 0.410 e. The van der Waals surface area contributed by atoms with E-state index in [-0.39, 0.29) is 23.1 Å². The Balaban J connectivity index is 1.62. The van der Waals surface area contributed by atoms with E-state index >= 15 is 0 Å². The third-order valence-corrected chi connectivity index (χ3v) is 5.83. The summed E-state index contributed by atoms with van der Waals surface area (Å²) in [6.45, 7) is 0.769. The minimum Gasteiger partial charge on any atom is -0.445 e. The molecule has 2 heterocycles. The van der Waals surface area contributed by atoms with Gasteiger partial charge < -0.3 is 9.72 Å². The smallest absolute Gasteiger partial charge is 0.410 e. The molecule has 28 heavy (non-hydrogen) atoms. The first-order valence-electron chi connectivity index (χ1n) is 9.03. The monoisotopic (exact) mass is 460 g/mol. The number of H-pyrrole nitrogens is 1. The summed E-state index contributed by atoms with van der Waals surface area (Å²) in [7, 11) is 0. The molecule has 1 N–H and O–H groups in total. The molecule has 1 amide bonds.